The zero-order chi connectivity index (χ0) is 13.8. The maximum Gasteiger partial charge on any atom is 0.224 e. The number of nitrogen functional groups attached to an aromatic ring is 1. The molecule has 0 bridgehead atoms. The van der Waals surface area contributed by atoms with E-state index in [1.54, 1.807) is 0 Å². The minimum atomic E-state index is 0. The highest BCUT2D eigenvalue weighted by Gasteiger charge is 2.26. The molecule has 3 nitrogen and oxygen atoms in total. The van der Waals surface area contributed by atoms with Gasteiger partial charge in [0.25, 0.3) is 0 Å². The minimum Gasteiger partial charge on any atom is -0.399 e. The summed E-state index contributed by atoms with van der Waals surface area (Å²) in [5, 5.41) is 3.18. The van der Waals surface area contributed by atoms with Crippen LogP contribution in [-0.2, 0) is 11.2 Å². The van der Waals surface area contributed by atoms with Gasteiger partial charge in [-0.2, -0.15) is 0 Å². The normalized spacial score (nSPS) is 25.6. The fraction of sp³-hybridized carbons (Fsp3) is 0.562. The predicted molar refractivity (Wildman–Crippen MR) is 85.9 cm³/mol. The fourth-order valence-electron chi connectivity index (χ4n) is 2.96. The van der Waals surface area contributed by atoms with Crippen LogP contribution in [0.1, 0.15) is 38.7 Å². The molecule has 1 saturated carbocycles. The van der Waals surface area contributed by atoms with Crippen molar-refractivity contribution < 1.29 is 4.79 Å². The molecular formula is C16H25ClN2O. The molecular weight excluding hydrogens is 272 g/mol. The first-order valence-corrected chi connectivity index (χ1v) is 7.18. The van der Waals surface area contributed by atoms with E-state index in [0.717, 1.165) is 23.6 Å². The van der Waals surface area contributed by atoms with Gasteiger partial charge in [0.05, 0.1) is 6.42 Å². The van der Waals surface area contributed by atoms with Crippen molar-refractivity contribution in [1.82, 2.24) is 5.32 Å². The highest BCUT2D eigenvalue weighted by molar-refractivity contribution is 5.85. The zero-order valence-corrected chi connectivity index (χ0v) is 13.1. The Balaban J connectivity index is 0.00000200. The lowest BCUT2D eigenvalue weighted by Gasteiger charge is -2.33. The summed E-state index contributed by atoms with van der Waals surface area (Å²) in [5.74, 6) is 1.50. The van der Waals surface area contributed by atoms with Crippen LogP contribution in [0.2, 0.25) is 0 Å². The quantitative estimate of drug-likeness (QED) is 0.842. The number of rotatable bonds is 3. The van der Waals surface area contributed by atoms with Crippen LogP contribution in [0.15, 0.2) is 24.3 Å². The van der Waals surface area contributed by atoms with E-state index in [-0.39, 0.29) is 18.3 Å². The predicted octanol–water partition coefficient (Wildman–Crippen LogP) is 3.17. The van der Waals surface area contributed by atoms with Crippen molar-refractivity contribution >= 4 is 24.0 Å². The number of benzene rings is 1. The van der Waals surface area contributed by atoms with Crippen LogP contribution >= 0.6 is 12.4 Å². The molecule has 1 aliphatic carbocycles. The molecule has 1 fully saturated rings. The molecule has 20 heavy (non-hydrogen) atoms. The van der Waals surface area contributed by atoms with Crippen molar-refractivity contribution in [3.8, 4) is 0 Å². The molecule has 3 N–H and O–H groups in total. The van der Waals surface area contributed by atoms with Gasteiger partial charge < -0.3 is 11.1 Å². The number of carbonyl (C=O) groups excluding carboxylic acids is 1. The number of hydrogen-bond acceptors (Lipinski definition) is 2. The molecule has 2 rings (SSSR count). The van der Waals surface area contributed by atoms with Gasteiger partial charge in [-0.15, -0.1) is 12.4 Å². The highest BCUT2D eigenvalue weighted by Crippen LogP contribution is 2.28. The third kappa shape index (κ3) is 4.71. The molecule has 1 aliphatic rings. The van der Waals surface area contributed by atoms with Gasteiger partial charge in [0.2, 0.25) is 5.91 Å². The van der Waals surface area contributed by atoms with Crippen LogP contribution in [0.3, 0.4) is 0 Å². The second-order valence-electron chi connectivity index (χ2n) is 5.99. The summed E-state index contributed by atoms with van der Waals surface area (Å²) in [6.45, 7) is 4.53. The third-order valence-electron chi connectivity index (χ3n) is 4.12. The van der Waals surface area contributed by atoms with E-state index in [1.165, 1.54) is 12.8 Å². The topological polar surface area (TPSA) is 55.1 Å². The van der Waals surface area contributed by atoms with Gasteiger partial charge in [-0.05, 0) is 48.8 Å². The largest absolute Gasteiger partial charge is 0.399 e. The van der Waals surface area contributed by atoms with Gasteiger partial charge in [0.1, 0.15) is 0 Å². The fourth-order valence-corrected chi connectivity index (χ4v) is 2.96. The summed E-state index contributed by atoms with van der Waals surface area (Å²) in [6, 6.07) is 7.86. The Labute approximate surface area is 127 Å². The van der Waals surface area contributed by atoms with Crippen LogP contribution in [0.4, 0.5) is 5.69 Å². The van der Waals surface area contributed by atoms with Crippen LogP contribution in [0.25, 0.3) is 0 Å². The van der Waals surface area contributed by atoms with Crippen molar-refractivity contribution in [2.45, 2.75) is 45.6 Å². The Kier molecular flexibility index (Phi) is 6.34. The molecule has 1 aromatic carbocycles. The number of anilines is 1. The number of amides is 1. The second kappa shape index (κ2) is 7.53. The average Bonchev–Trinajstić information content (AvgIpc) is 2.36. The number of halogens is 1. The van der Waals surface area contributed by atoms with Gasteiger partial charge in [-0.25, -0.2) is 0 Å². The molecule has 112 valence electrons. The molecule has 1 aromatic rings. The van der Waals surface area contributed by atoms with Crippen LogP contribution < -0.4 is 11.1 Å². The van der Waals surface area contributed by atoms with Crippen molar-refractivity contribution in [2.24, 2.45) is 11.8 Å². The van der Waals surface area contributed by atoms with Gasteiger partial charge >= 0.3 is 0 Å². The van der Waals surface area contributed by atoms with E-state index in [2.05, 4.69) is 19.2 Å². The number of carbonyl (C=O) groups is 1. The lowest BCUT2D eigenvalue weighted by Crippen LogP contribution is -2.43. The summed E-state index contributed by atoms with van der Waals surface area (Å²) in [5.41, 5.74) is 7.39. The Morgan fingerprint density at radius 3 is 2.50 bits per heavy atom. The van der Waals surface area contributed by atoms with E-state index in [0.29, 0.717) is 18.4 Å². The van der Waals surface area contributed by atoms with Gasteiger partial charge in [-0.3, -0.25) is 4.79 Å². The summed E-state index contributed by atoms with van der Waals surface area (Å²) in [4.78, 5) is 12.1. The summed E-state index contributed by atoms with van der Waals surface area (Å²) in [6.07, 6.45) is 3.98. The Bertz CT molecular complexity index is 433. The van der Waals surface area contributed by atoms with Gasteiger partial charge in [0.15, 0.2) is 0 Å². The first-order valence-electron chi connectivity index (χ1n) is 7.18. The summed E-state index contributed by atoms with van der Waals surface area (Å²) < 4.78 is 0. The van der Waals surface area contributed by atoms with Crippen LogP contribution in [-0.4, -0.2) is 11.9 Å². The maximum absolute atomic E-state index is 12.1. The summed E-state index contributed by atoms with van der Waals surface area (Å²) >= 11 is 0. The highest BCUT2D eigenvalue weighted by atomic mass is 35.5. The molecule has 3 unspecified atom stereocenters. The summed E-state index contributed by atoms with van der Waals surface area (Å²) in [7, 11) is 0. The monoisotopic (exact) mass is 296 g/mol. The smallest absolute Gasteiger partial charge is 0.224 e. The van der Waals surface area contributed by atoms with E-state index >= 15 is 0 Å². The Morgan fingerprint density at radius 2 is 1.90 bits per heavy atom. The average molecular weight is 297 g/mol. The molecule has 0 radical (unpaired) electrons. The molecule has 0 heterocycles. The number of hydrogen-bond donors (Lipinski definition) is 2. The molecule has 0 saturated heterocycles. The van der Waals surface area contributed by atoms with E-state index in [9.17, 15) is 4.79 Å². The van der Waals surface area contributed by atoms with Crippen LogP contribution in [0.5, 0.6) is 0 Å². The van der Waals surface area contributed by atoms with E-state index in [4.69, 9.17) is 5.73 Å². The number of nitrogens with one attached hydrogen (secondary N) is 1. The maximum atomic E-state index is 12.1. The van der Waals surface area contributed by atoms with Crippen molar-refractivity contribution in [1.29, 1.82) is 0 Å². The molecule has 1 amide bonds. The number of nitrogens with two attached hydrogens (primary N) is 1. The van der Waals surface area contributed by atoms with Crippen molar-refractivity contribution in [3.63, 3.8) is 0 Å². The first-order chi connectivity index (χ1) is 9.04. The minimum absolute atomic E-state index is 0. The van der Waals surface area contributed by atoms with Gasteiger partial charge in [-0.1, -0.05) is 26.0 Å². The first kappa shape index (κ1) is 16.8. The molecule has 4 heteroatoms. The van der Waals surface area contributed by atoms with Crippen LogP contribution in [0, 0.1) is 11.8 Å². The molecule has 3 atom stereocenters. The Hall–Kier alpha value is -1.22. The SMILES string of the molecule is CC1CCC(NC(=O)Cc2ccc(N)cc2)C(C)C1.Cl. The van der Waals surface area contributed by atoms with Crippen molar-refractivity contribution in [3.05, 3.63) is 29.8 Å². The second-order valence-corrected chi connectivity index (χ2v) is 5.99. The molecule has 0 aromatic heterocycles. The van der Waals surface area contributed by atoms with E-state index in [1.807, 2.05) is 24.3 Å². The lowest BCUT2D eigenvalue weighted by molar-refractivity contribution is -0.121. The zero-order valence-electron chi connectivity index (χ0n) is 12.3. The standard InChI is InChI=1S/C16H24N2O.ClH/c1-11-3-8-15(12(2)9-11)18-16(19)10-13-4-6-14(17)7-5-13;/h4-7,11-12,15H,3,8-10,17H2,1-2H3,(H,18,19);1H. The Morgan fingerprint density at radius 1 is 1.25 bits per heavy atom. The van der Waals surface area contributed by atoms with Gasteiger partial charge in [0, 0.05) is 11.7 Å². The third-order valence-corrected chi connectivity index (χ3v) is 4.12. The lowest BCUT2D eigenvalue weighted by atomic mass is 9.80. The van der Waals surface area contributed by atoms with Crippen molar-refractivity contribution in [2.75, 3.05) is 5.73 Å². The molecule has 0 spiro atoms. The molecule has 0 aliphatic heterocycles. The van der Waals surface area contributed by atoms with E-state index < -0.39 is 0 Å².